The van der Waals surface area contributed by atoms with Gasteiger partial charge in [0.1, 0.15) is 0 Å². The second-order valence-corrected chi connectivity index (χ2v) is 2.86. The van der Waals surface area contributed by atoms with Crippen LogP contribution in [0, 0.1) is 0 Å². The molecule has 6 nitrogen and oxygen atoms in total. The zero-order valence-electron chi connectivity index (χ0n) is 7.67. The van der Waals surface area contributed by atoms with Crippen LogP contribution in [0.2, 0.25) is 0 Å². The molecule has 1 aromatic rings. The number of carbonyl (C=O) groups excluding carboxylic acids is 1. The number of carbonyl (C=O) groups is 2. The molecular formula is C8H11N3O3. The molecule has 0 bridgehead atoms. The first-order chi connectivity index (χ1) is 6.65. The quantitative estimate of drug-likeness (QED) is 0.634. The lowest BCUT2D eigenvalue weighted by molar-refractivity contribution is -0.137. The van der Waals surface area contributed by atoms with E-state index in [1.807, 2.05) is 0 Å². The minimum absolute atomic E-state index is 0.154. The summed E-state index contributed by atoms with van der Waals surface area (Å²) in [7, 11) is 1.74. The molecule has 1 heterocycles. The Kier molecular flexibility index (Phi) is 3.22. The van der Waals surface area contributed by atoms with Gasteiger partial charge < -0.3 is 15.0 Å². The predicted octanol–water partition coefficient (Wildman–Crippen LogP) is -0.318. The van der Waals surface area contributed by atoms with Crippen molar-refractivity contribution in [3.05, 3.63) is 18.2 Å². The van der Waals surface area contributed by atoms with E-state index in [4.69, 9.17) is 5.11 Å². The number of aromatic nitrogens is 2. The van der Waals surface area contributed by atoms with Crippen LogP contribution in [0.5, 0.6) is 0 Å². The smallest absolute Gasteiger partial charge is 0.305 e. The van der Waals surface area contributed by atoms with Crippen LogP contribution in [0.15, 0.2) is 12.5 Å². The molecular weight excluding hydrogens is 186 g/mol. The lowest BCUT2D eigenvalue weighted by Crippen LogP contribution is -2.24. The van der Waals surface area contributed by atoms with Crippen molar-refractivity contribution < 1.29 is 14.7 Å². The Labute approximate surface area is 80.6 Å². The van der Waals surface area contributed by atoms with Gasteiger partial charge in [0.2, 0.25) is 6.41 Å². The summed E-state index contributed by atoms with van der Waals surface area (Å²) in [6.07, 6.45) is 3.42. The zero-order valence-corrected chi connectivity index (χ0v) is 7.67. The first-order valence-corrected chi connectivity index (χ1v) is 4.03. The van der Waals surface area contributed by atoms with Gasteiger partial charge in [0.15, 0.2) is 0 Å². The summed E-state index contributed by atoms with van der Waals surface area (Å²) in [5, 5.41) is 11.0. The van der Waals surface area contributed by atoms with Crippen LogP contribution in [0.4, 0.5) is 0 Å². The van der Waals surface area contributed by atoms with Crippen LogP contribution in [0.25, 0.3) is 0 Å². The van der Waals surface area contributed by atoms with E-state index in [1.54, 1.807) is 17.9 Å². The van der Waals surface area contributed by atoms with Gasteiger partial charge >= 0.3 is 5.97 Å². The number of aliphatic carboxylic acids is 1. The number of carboxylic acids is 1. The van der Waals surface area contributed by atoms with Crippen molar-refractivity contribution in [3.8, 4) is 0 Å². The van der Waals surface area contributed by atoms with Gasteiger partial charge in [0.25, 0.3) is 0 Å². The third-order valence-corrected chi connectivity index (χ3v) is 1.86. The molecule has 14 heavy (non-hydrogen) atoms. The van der Waals surface area contributed by atoms with E-state index in [9.17, 15) is 9.59 Å². The molecule has 0 fully saturated rings. The lowest BCUT2D eigenvalue weighted by Gasteiger charge is -2.13. The normalized spacial score (nSPS) is 12.1. The van der Waals surface area contributed by atoms with Crippen molar-refractivity contribution in [2.45, 2.75) is 12.5 Å². The molecule has 1 aromatic heterocycles. The molecule has 0 aliphatic rings. The molecule has 0 spiro atoms. The van der Waals surface area contributed by atoms with E-state index < -0.39 is 12.0 Å². The maximum atomic E-state index is 10.5. The van der Waals surface area contributed by atoms with Crippen LogP contribution in [-0.4, -0.2) is 27.0 Å². The van der Waals surface area contributed by atoms with Crippen LogP contribution < -0.4 is 5.32 Å². The Bertz CT molecular complexity index is 334. The molecule has 0 aromatic carbocycles. The Morgan fingerprint density at radius 1 is 1.86 bits per heavy atom. The second kappa shape index (κ2) is 4.40. The van der Waals surface area contributed by atoms with Crippen molar-refractivity contribution in [3.63, 3.8) is 0 Å². The fourth-order valence-electron chi connectivity index (χ4n) is 1.21. The van der Waals surface area contributed by atoms with Crippen LogP contribution in [0.1, 0.15) is 18.2 Å². The van der Waals surface area contributed by atoms with Crippen LogP contribution in [-0.2, 0) is 16.6 Å². The van der Waals surface area contributed by atoms with Crippen molar-refractivity contribution in [2.75, 3.05) is 0 Å². The average molecular weight is 197 g/mol. The van der Waals surface area contributed by atoms with Gasteiger partial charge in [-0.3, -0.25) is 9.59 Å². The summed E-state index contributed by atoms with van der Waals surface area (Å²) < 4.78 is 1.67. The second-order valence-electron chi connectivity index (χ2n) is 2.86. The third kappa shape index (κ3) is 2.32. The first kappa shape index (κ1) is 10.2. The summed E-state index contributed by atoms with van der Waals surface area (Å²) >= 11 is 0. The van der Waals surface area contributed by atoms with Gasteiger partial charge in [0, 0.05) is 7.05 Å². The van der Waals surface area contributed by atoms with E-state index in [0.717, 1.165) is 0 Å². The molecule has 1 rings (SSSR count). The number of hydrogen-bond acceptors (Lipinski definition) is 3. The summed E-state index contributed by atoms with van der Waals surface area (Å²) in [5.74, 6) is -0.967. The molecule has 76 valence electrons. The number of carboxylic acid groups (broad SMARTS) is 1. The molecule has 0 aliphatic carbocycles. The topological polar surface area (TPSA) is 84.2 Å². The standard InChI is InChI=1S/C8H11N3O3/c1-11-4-9-3-7(11)6(10-5-12)2-8(13)14/h3-6H,2H2,1H3,(H,10,12)(H,13,14). The number of imidazole rings is 1. The Balaban J connectivity index is 2.82. The summed E-state index contributed by atoms with van der Waals surface area (Å²) in [6.45, 7) is 0. The average Bonchev–Trinajstić information content (AvgIpc) is 2.50. The highest BCUT2D eigenvalue weighted by atomic mass is 16.4. The molecule has 1 amide bonds. The maximum Gasteiger partial charge on any atom is 0.305 e. The van der Waals surface area contributed by atoms with E-state index in [-0.39, 0.29) is 6.42 Å². The summed E-state index contributed by atoms with van der Waals surface area (Å²) in [6, 6.07) is -0.530. The van der Waals surface area contributed by atoms with Gasteiger partial charge in [-0.05, 0) is 0 Å². The molecule has 0 aliphatic heterocycles. The SMILES string of the molecule is Cn1cncc1C(CC(=O)O)NC=O. The van der Waals surface area contributed by atoms with Crippen molar-refractivity contribution >= 4 is 12.4 Å². The van der Waals surface area contributed by atoms with E-state index in [1.165, 1.54) is 6.20 Å². The highest BCUT2D eigenvalue weighted by Crippen LogP contribution is 2.14. The highest BCUT2D eigenvalue weighted by molar-refractivity contribution is 5.68. The minimum atomic E-state index is -0.967. The van der Waals surface area contributed by atoms with Crippen LogP contribution in [0.3, 0.4) is 0 Å². The molecule has 0 saturated heterocycles. The van der Waals surface area contributed by atoms with Gasteiger partial charge in [-0.1, -0.05) is 0 Å². The molecule has 0 radical (unpaired) electrons. The van der Waals surface area contributed by atoms with Crippen molar-refractivity contribution in [1.29, 1.82) is 0 Å². The lowest BCUT2D eigenvalue weighted by atomic mass is 10.1. The Morgan fingerprint density at radius 2 is 2.57 bits per heavy atom. The number of nitrogens with zero attached hydrogens (tertiary/aromatic N) is 2. The monoisotopic (exact) mass is 197 g/mol. The minimum Gasteiger partial charge on any atom is -0.481 e. The molecule has 6 heteroatoms. The molecule has 0 saturated carbocycles. The molecule has 2 N–H and O–H groups in total. The third-order valence-electron chi connectivity index (χ3n) is 1.86. The van der Waals surface area contributed by atoms with Gasteiger partial charge in [-0.15, -0.1) is 0 Å². The highest BCUT2D eigenvalue weighted by Gasteiger charge is 2.17. The fourth-order valence-corrected chi connectivity index (χ4v) is 1.21. The van der Waals surface area contributed by atoms with E-state index >= 15 is 0 Å². The maximum absolute atomic E-state index is 10.5. The summed E-state index contributed by atoms with van der Waals surface area (Å²) in [4.78, 5) is 24.6. The first-order valence-electron chi connectivity index (χ1n) is 4.03. The van der Waals surface area contributed by atoms with Gasteiger partial charge in [0.05, 0.1) is 30.7 Å². The van der Waals surface area contributed by atoms with Crippen molar-refractivity contribution in [2.24, 2.45) is 7.05 Å². The molecule has 1 atom stereocenters. The fraction of sp³-hybridized carbons (Fsp3) is 0.375. The van der Waals surface area contributed by atoms with E-state index in [2.05, 4.69) is 10.3 Å². The summed E-state index contributed by atoms with van der Waals surface area (Å²) in [5.41, 5.74) is 0.666. The Morgan fingerprint density at radius 3 is 3.00 bits per heavy atom. The number of nitrogens with one attached hydrogen (secondary N) is 1. The van der Waals surface area contributed by atoms with Crippen molar-refractivity contribution in [1.82, 2.24) is 14.9 Å². The number of amides is 1. The largest absolute Gasteiger partial charge is 0.481 e. The Hall–Kier alpha value is -1.85. The van der Waals surface area contributed by atoms with E-state index in [0.29, 0.717) is 12.1 Å². The number of rotatable bonds is 5. The number of aryl methyl sites for hydroxylation is 1. The van der Waals surface area contributed by atoms with Crippen LogP contribution >= 0.6 is 0 Å². The predicted molar refractivity (Wildman–Crippen MR) is 47.4 cm³/mol. The molecule has 1 unspecified atom stereocenters. The number of hydrogen-bond donors (Lipinski definition) is 2. The zero-order chi connectivity index (χ0) is 10.6. The van der Waals surface area contributed by atoms with Gasteiger partial charge in [-0.25, -0.2) is 4.98 Å². The van der Waals surface area contributed by atoms with Gasteiger partial charge in [-0.2, -0.15) is 0 Å².